The van der Waals surface area contributed by atoms with E-state index in [1.807, 2.05) is 0 Å². The van der Waals surface area contributed by atoms with Crippen molar-refractivity contribution < 1.29 is 19.4 Å². The summed E-state index contributed by atoms with van der Waals surface area (Å²) in [5.74, 6) is -0.518. The molecule has 0 bridgehead atoms. The average Bonchev–Trinajstić information content (AvgIpc) is 2.76. The van der Waals surface area contributed by atoms with Crippen LogP contribution in [-0.4, -0.2) is 35.1 Å². The zero-order chi connectivity index (χ0) is 14.7. The van der Waals surface area contributed by atoms with Crippen LogP contribution >= 0.6 is 11.6 Å². The normalized spacial score (nSPS) is 10.6. The fourth-order valence-corrected chi connectivity index (χ4v) is 2.13. The highest BCUT2D eigenvalue weighted by Crippen LogP contribution is 2.26. The van der Waals surface area contributed by atoms with Crippen LogP contribution in [0.3, 0.4) is 0 Å². The minimum absolute atomic E-state index is 0.0257. The molecule has 1 aromatic heterocycles. The average molecular weight is 297 g/mol. The molecule has 0 amide bonds. The molecule has 2 aromatic rings. The standard InChI is InChI=1S/C13H13ClN2O4/c1-19-7-10-11(13(17)18)12(14)16(15-10)8-4-3-5-9(6-8)20-2/h3-6H,7H2,1-2H3,(H,17,18). The van der Waals surface area contributed by atoms with Gasteiger partial charge in [-0.05, 0) is 12.1 Å². The number of nitrogens with zero attached hydrogens (tertiary/aromatic N) is 2. The molecule has 0 aliphatic heterocycles. The molecule has 0 unspecified atom stereocenters. The molecule has 1 aromatic carbocycles. The van der Waals surface area contributed by atoms with E-state index in [1.165, 1.54) is 11.8 Å². The molecule has 0 radical (unpaired) electrons. The molecule has 1 N–H and O–H groups in total. The van der Waals surface area contributed by atoms with Crippen molar-refractivity contribution in [2.24, 2.45) is 0 Å². The number of carbonyl (C=O) groups is 1. The zero-order valence-corrected chi connectivity index (χ0v) is 11.7. The maximum absolute atomic E-state index is 11.3. The molecule has 0 aliphatic rings. The van der Waals surface area contributed by atoms with Gasteiger partial charge in [-0.3, -0.25) is 0 Å². The van der Waals surface area contributed by atoms with Gasteiger partial charge in [0.15, 0.2) is 0 Å². The minimum atomic E-state index is -1.14. The molecular weight excluding hydrogens is 284 g/mol. The SMILES string of the molecule is COCc1nn(-c2cccc(OC)c2)c(Cl)c1C(=O)O. The van der Waals surface area contributed by atoms with Gasteiger partial charge in [-0.1, -0.05) is 17.7 Å². The van der Waals surface area contributed by atoms with Crippen molar-refractivity contribution in [1.82, 2.24) is 9.78 Å². The van der Waals surface area contributed by atoms with E-state index in [4.69, 9.17) is 21.1 Å². The molecule has 0 spiro atoms. The molecule has 0 saturated carbocycles. The summed E-state index contributed by atoms with van der Waals surface area (Å²) in [6, 6.07) is 7.00. The summed E-state index contributed by atoms with van der Waals surface area (Å²) >= 11 is 6.11. The van der Waals surface area contributed by atoms with E-state index in [9.17, 15) is 9.90 Å². The Kier molecular flexibility index (Phi) is 4.26. The van der Waals surface area contributed by atoms with Crippen LogP contribution in [0.4, 0.5) is 0 Å². The van der Waals surface area contributed by atoms with Gasteiger partial charge in [0.25, 0.3) is 0 Å². The molecule has 7 heteroatoms. The Morgan fingerprint density at radius 1 is 1.45 bits per heavy atom. The number of hydrogen-bond acceptors (Lipinski definition) is 4. The molecule has 0 aliphatic carbocycles. The van der Waals surface area contributed by atoms with Gasteiger partial charge >= 0.3 is 5.97 Å². The van der Waals surface area contributed by atoms with Crippen molar-refractivity contribution in [2.45, 2.75) is 6.61 Å². The predicted octanol–water partition coefficient (Wildman–Crippen LogP) is 2.38. The summed E-state index contributed by atoms with van der Waals surface area (Å²) in [6.45, 7) is 0.0678. The lowest BCUT2D eigenvalue weighted by Gasteiger charge is -2.05. The van der Waals surface area contributed by atoms with Crippen molar-refractivity contribution in [1.29, 1.82) is 0 Å². The lowest BCUT2D eigenvalue weighted by atomic mass is 10.2. The topological polar surface area (TPSA) is 73.6 Å². The smallest absolute Gasteiger partial charge is 0.340 e. The van der Waals surface area contributed by atoms with E-state index in [-0.39, 0.29) is 23.0 Å². The van der Waals surface area contributed by atoms with Crippen molar-refractivity contribution in [3.63, 3.8) is 0 Å². The number of hydrogen-bond donors (Lipinski definition) is 1. The number of benzene rings is 1. The molecule has 6 nitrogen and oxygen atoms in total. The van der Waals surface area contributed by atoms with Gasteiger partial charge in [0.2, 0.25) is 0 Å². The van der Waals surface area contributed by atoms with Gasteiger partial charge in [-0.15, -0.1) is 0 Å². The van der Waals surface area contributed by atoms with Crippen LogP contribution in [0, 0.1) is 0 Å². The van der Waals surface area contributed by atoms with Crippen LogP contribution in [0.1, 0.15) is 16.1 Å². The van der Waals surface area contributed by atoms with Crippen LogP contribution in [0.15, 0.2) is 24.3 Å². The third kappa shape index (κ3) is 2.61. The summed E-state index contributed by atoms with van der Waals surface area (Å²) in [7, 11) is 3.01. The van der Waals surface area contributed by atoms with Crippen LogP contribution in [0.25, 0.3) is 5.69 Å². The highest BCUT2D eigenvalue weighted by molar-refractivity contribution is 6.32. The number of methoxy groups -OCH3 is 2. The maximum atomic E-state index is 11.3. The molecule has 106 valence electrons. The Labute approximate surface area is 120 Å². The first-order chi connectivity index (χ1) is 9.58. The van der Waals surface area contributed by atoms with Crippen LogP contribution in [0.5, 0.6) is 5.75 Å². The fourth-order valence-electron chi connectivity index (χ4n) is 1.80. The monoisotopic (exact) mass is 296 g/mol. The summed E-state index contributed by atoms with van der Waals surface area (Å²) in [4.78, 5) is 11.3. The Bertz CT molecular complexity index is 639. The second kappa shape index (κ2) is 5.94. The van der Waals surface area contributed by atoms with Crippen molar-refractivity contribution in [2.75, 3.05) is 14.2 Å². The molecule has 20 heavy (non-hydrogen) atoms. The summed E-state index contributed by atoms with van der Waals surface area (Å²) in [5, 5.41) is 13.4. The Morgan fingerprint density at radius 3 is 2.80 bits per heavy atom. The van der Waals surface area contributed by atoms with E-state index >= 15 is 0 Å². The second-order valence-corrected chi connectivity index (χ2v) is 4.32. The molecule has 0 fully saturated rings. The lowest BCUT2D eigenvalue weighted by molar-refractivity contribution is 0.0692. The molecule has 2 rings (SSSR count). The zero-order valence-electron chi connectivity index (χ0n) is 11.0. The van der Waals surface area contributed by atoms with E-state index < -0.39 is 5.97 Å². The number of carboxylic acids is 1. The summed E-state index contributed by atoms with van der Waals surface area (Å²) < 4.78 is 11.4. The fraction of sp³-hybridized carbons (Fsp3) is 0.231. The summed E-state index contributed by atoms with van der Waals surface area (Å²) in [6.07, 6.45) is 0. The quantitative estimate of drug-likeness (QED) is 0.917. The predicted molar refractivity (Wildman–Crippen MR) is 72.8 cm³/mol. The number of rotatable bonds is 5. The van der Waals surface area contributed by atoms with Crippen molar-refractivity contribution in [3.8, 4) is 11.4 Å². The van der Waals surface area contributed by atoms with Gasteiger partial charge in [-0.2, -0.15) is 5.10 Å². The van der Waals surface area contributed by atoms with Crippen molar-refractivity contribution in [3.05, 3.63) is 40.7 Å². The number of aromatic nitrogens is 2. The number of ether oxygens (including phenoxy) is 2. The lowest BCUT2D eigenvalue weighted by Crippen LogP contribution is -2.01. The van der Waals surface area contributed by atoms with Crippen LogP contribution in [0.2, 0.25) is 5.15 Å². The first kappa shape index (κ1) is 14.4. The number of aromatic carboxylic acids is 1. The van der Waals surface area contributed by atoms with E-state index in [1.54, 1.807) is 31.4 Å². The molecule has 0 saturated heterocycles. The molecular formula is C13H13ClN2O4. The highest BCUT2D eigenvalue weighted by Gasteiger charge is 2.23. The van der Waals surface area contributed by atoms with Crippen molar-refractivity contribution >= 4 is 17.6 Å². The first-order valence-corrected chi connectivity index (χ1v) is 6.10. The largest absolute Gasteiger partial charge is 0.497 e. The van der Waals surface area contributed by atoms with E-state index in [0.29, 0.717) is 11.4 Å². The van der Waals surface area contributed by atoms with Gasteiger partial charge in [0.05, 0.1) is 19.4 Å². The van der Waals surface area contributed by atoms with Gasteiger partial charge < -0.3 is 14.6 Å². The van der Waals surface area contributed by atoms with E-state index in [0.717, 1.165) is 0 Å². The van der Waals surface area contributed by atoms with Gasteiger partial charge in [0.1, 0.15) is 22.2 Å². The minimum Gasteiger partial charge on any atom is -0.497 e. The van der Waals surface area contributed by atoms with Crippen LogP contribution < -0.4 is 4.74 Å². The second-order valence-electron chi connectivity index (χ2n) is 3.96. The number of carboxylic acid groups (broad SMARTS) is 1. The Hall–Kier alpha value is -2.05. The first-order valence-electron chi connectivity index (χ1n) is 5.72. The highest BCUT2D eigenvalue weighted by atomic mass is 35.5. The maximum Gasteiger partial charge on any atom is 0.340 e. The Morgan fingerprint density at radius 2 is 2.20 bits per heavy atom. The van der Waals surface area contributed by atoms with Gasteiger partial charge in [0, 0.05) is 13.2 Å². The van der Waals surface area contributed by atoms with E-state index in [2.05, 4.69) is 5.10 Å². The van der Waals surface area contributed by atoms with Crippen LogP contribution in [-0.2, 0) is 11.3 Å². The summed E-state index contributed by atoms with van der Waals surface area (Å²) in [5.41, 5.74) is 0.823. The third-order valence-corrected chi connectivity index (χ3v) is 3.04. The number of halogens is 1. The molecule has 1 heterocycles. The molecule has 0 atom stereocenters. The third-order valence-electron chi connectivity index (χ3n) is 2.69. The van der Waals surface area contributed by atoms with Gasteiger partial charge in [-0.25, -0.2) is 9.48 Å². The Balaban J connectivity index is 2.56.